The minimum atomic E-state index is 0. The van der Waals surface area contributed by atoms with Crippen molar-refractivity contribution in [3.63, 3.8) is 0 Å². The van der Waals surface area contributed by atoms with Crippen LogP contribution in [0.1, 0.15) is 43.2 Å². The summed E-state index contributed by atoms with van der Waals surface area (Å²) in [7, 11) is 0. The summed E-state index contributed by atoms with van der Waals surface area (Å²) < 4.78 is 4.89. The van der Waals surface area contributed by atoms with Crippen LogP contribution in [0.3, 0.4) is 0 Å². The summed E-state index contributed by atoms with van der Waals surface area (Å²) in [5.74, 6) is 0.877. The van der Waals surface area contributed by atoms with Gasteiger partial charge >= 0.3 is 51.4 Å². The molecule has 0 bridgehead atoms. The van der Waals surface area contributed by atoms with Crippen molar-refractivity contribution in [1.82, 2.24) is 5.16 Å². The molecule has 0 unspecified atom stereocenters. The van der Waals surface area contributed by atoms with Crippen molar-refractivity contribution >= 4 is 0 Å². The van der Waals surface area contributed by atoms with Crippen molar-refractivity contribution < 1.29 is 55.9 Å². The maximum Gasteiger partial charge on any atom is 1.00 e. The Balaban J connectivity index is 0.000000270. The molecule has 2 aromatic carbocycles. The zero-order valence-electron chi connectivity index (χ0n) is 16.0. The van der Waals surface area contributed by atoms with Crippen molar-refractivity contribution in [3.05, 3.63) is 89.3 Å². The summed E-state index contributed by atoms with van der Waals surface area (Å²) in [6, 6.07) is 21.8. The maximum absolute atomic E-state index is 4.89. The Bertz CT molecular complexity index is 698. The van der Waals surface area contributed by atoms with E-state index in [2.05, 4.69) is 81.5 Å². The molecule has 0 saturated heterocycles. The largest absolute Gasteiger partial charge is 1.00 e. The van der Waals surface area contributed by atoms with E-state index in [1.54, 1.807) is 6.07 Å². The van der Waals surface area contributed by atoms with Crippen LogP contribution in [-0.2, 0) is 18.3 Å². The van der Waals surface area contributed by atoms with E-state index in [1.165, 1.54) is 16.7 Å². The van der Waals surface area contributed by atoms with Crippen LogP contribution in [0.4, 0.5) is 0 Å². The first-order valence-corrected chi connectivity index (χ1v) is 8.29. The number of hydrogen-bond acceptors (Lipinski definition) is 2. The van der Waals surface area contributed by atoms with Gasteiger partial charge in [0.15, 0.2) is 0 Å². The summed E-state index contributed by atoms with van der Waals surface area (Å²) in [6.07, 6.45) is 4.84. The second kappa shape index (κ2) is 11.1. The Morgan fingerprint density at radius 2 is 1.48 bits per heavy atom. The van der Waals surface area contributed by atoms with E-state index >= 15 is 0 Å². The van der Waals surface area contributed by atoms with Gasteiger partial charge in [-0.25, -0.2) is 5.16 Å². The average Bonchev–Trinajstić information content (AvgIpc) is 3.11. The first-order valence-electron chi connectivity index (χ1n) is 8.29. The van der Waals surface area contributed by atoms with Gasteiger partial charge in [0, 0.05) is 0 Å². The molecule has 1 aromatic heterocycles. The molecule has 0 fully saturated rings. The Morgan fingerprint density at radius 1 is 0.920 bits per heavy atom. The summed E-state index contributed by atoms with van der Waals surface area (Å²) in [5, 5.41) is 3.49. The zero-order chi connectivity index (χ0) is 17.4. The first kappa shape index (κ1) is 22.3. The number of aromatic nitrogens is 1. The van der Waals surface area contributed by atoms with Gasteiger partial charge in [0.2, 0.25) is 0 Å². The van der Waals surface area contributed by atoms with Crippen LogP contribution in [-0.4, -0.2) is 5.16 Å². The van der Waals surface area contributed by atoms with Crippen molar-refractivity contribution in [2.24, 2.45) is 0 Å². The molecule has 0 saturated carbocycles. The minimum absolute atomic E-state index is 0. The van der Waals surface area contributed by atoms with Crippen LogP contribution < -0.4 is 51.4 Å². The topological polar surface area (TPSA) is 26.0 Å². The second-order valence-electron chi connectivity index (χ2n) is 6.96. The molecule has 1 heterocycles. The van der Waals surface area contributed by atoms with E-state index in [-0.39, 0.29) is 56.8 Å². The van der Waals surface area contributed by atoms with Gasteiger partial charge in [0.1, 0.15) is 0 Å². The third-order valence-corrected chi connectivity index (χ3v) is 3.74. The van der Waals surface area contributed by atoms with Crippen molar-refractivity contribution in [3.8, 4) is 0 Å². The quantitative estimate of drug-likeness (QED) is 0.531. The summed E-state index contributed by atoms with van der Waals surface area (Å²) in [4.78, 5) is 0. The molecule has 0 aliphatic heterocycles. The number of aryl methyl sites for hydroxylation is 3. The summed E-state index contributed by atoms with van der Waals surface area (Å²) in [6.45, 7) is 8.33. The minimum Gasteiger partial charge on any atom is -0.470 e. The summed E-state index contributed by atoms with van der Waals surface area (Å²) >= 11 is 0. The molecule has 3 rings (SSSR count). The molecule has 0 radical (unpaired) electrons. The SMILES string of the molecule is CC(C)(C)c1c[c-]no1.Cc1ccc(CCc2cc[c-]cc2)cc1.[K+]. The Kier molecular flexibility index (Phi) is 9.91. The van der Waals surface area contributed by atoms with Crippen LogP contribution in [0, 0.1) is 19.2 Å². The summed E-state index contributed by atoms with van der Waals surface area (Å²) in [5.41, 5.74) is 4.18. The molecule has 0 aliphatic rings. The van der Waals surface area contributed by atoms with Crippen LogP contribution in [0.15, 0.2) is 59.1 Å². The van der Waals surface area contributed by atoms with Crippen molar-refractivity contribution in [1.29, 1.82) is 0 Å². The monoisotopic (exact) mass is 358 g/mol. The fraction of sp³-hybridized carbons (Fsp3) is 0.318. The molecule has 0 N–H and O–H groups in total. The Morgan fingerprint density at radius 3 is 1.92 bits per heavy atom. The predicted molar refractivity (Wildman–Crippen MR) is 97.9 cm³/mol. The van der Waals surface area contributed by atoms with Crippen molar-refractivity contribution in [2.45, 2.75) is 46.0 Å². The molecule has 0 amide bonds. The molecule has 2 nitrogen and oxygen atoms in total. The van der Waals surface area contributed by atoms with Gasteiger partial charge in [-0.2, -0.15) is 42.0 Å². The molecule has 0 atom stereocenters. The van der Waals surface area contributed by atoms with Gasteiger partial charge < -0.3 is 4.52 Å². The maximum atomic E-state index is 4.89. The number of benzene rings is 2. The van der Waals surface area contributed by atoms with Gasteiger partial charge in [-0.3, -0.25) is 0 Å². The number of nitrogens with zero attached hydrogens (tertiary/aromatic N) is 1. The zero-order valence-corrected chi connectivity index (χ0v) is 19.1. The van der Waals surface area contributed by atoms with E-state index in [0.717, 1.165) is 18.6 Å². The van der Waals surface area contributed by atoms with E-state index < -0.39 is 0 Å². The third kappa shape index (κ3) is 8.47. The van der Waals surface area contributed by atoms with Crippen LogP contribution in [0.5, 0.6) is 0 Å². The van der Waals surface area contributed by atoms with Gasteiger partial charge in [0.25, 0.3) is 0 Å². The molecular weight excluding hydrogens is 333 g/mol. The molecule has 0 spiro atoms. The molecule has 126 valence electrons. The van der Waals surface area contributed by atoms with E-state index in [4.69, 9.17) is 4.52 Å². The van der Waals surface area contributed by atoms with Gasteiger partial charge in [-0.05, 0) is 36.5 Å². The van der Waals surface area contributed by atoms with E-state index in [9.17, 15) is 0 Å². The van der Waals surface area contributed by atoms with Gasteiger partial charge in [-0.15, -0.1) is 6.20 Å². The third-order valence-electron chi connectivity index (χ3n) is 3.74. The normalized spacial score (nSPS) is 10.4. The molecule has 0 aliphatic carbocycles. The molecule has 3 heteroatoms. The van der Waals surface area contributed by atoms with Gasteiger partial charge in [-0.1, -0.05) is 50.6 Å². The standard InChI is InChI=1S/C15H15.C7H10NO.K/c1-13-7-9-15(10-8-13)12-11-14-5-3-2-4-6-14;1-7(2,3)6-4-5-8-9-6;/h3-10H,11-12H2,1H3;4H,1-3H3;/q2*-1;+1. The fourth-order valence-electron chi connectivity index (χ4n) is 2.17. The Labute approximate surface area is 194 Å². The van der Waals surface area contributed by atoms with Crippen LogP contribution in [0.25, 0.3) is 0 Å². The first-order chi connectivity index (χ1) is 11.4. The van der Waals surface area contributed by atoms with Crippen molar-refractivity contribution in [2.75, 3.05) is 0 Å². The number of hydrogen-bond donors (Lipinski definition) is 0. The van der Waals surface area contributed by atoms with E-state index in [0.29, 0.717) is 0 Å². The van der Waals surface area contributed by atoms with Crippen LogP contribution in [0.2, 0.25) is 0 Å². The molecule has 25 heavy (non-hydrogen) atoms. The smallest absolute Gasteiger partial charge is 0.470 e. The van der Waals surface area contributed by atoms with Crippen LogP contribution >= 0.6 is 0 Å². The average molecular weight is 359 g/mol. The predicted octanol–water partition coefficient (Wildman–Crippen LogP) is 2.36. The second-order valence-corrected chi connectivity index (χ2v) is 6.96. The van der Waals surface area contributed by atoms with Gasteiger partial charge in [0.05, 0.1) is 0 Å². The number of rotatable bonds is 3. The molecule has 3 aromatic rings. The van der Waals surface area contributed by atoms with E-state index in [1.807, 2.05) is 12.1 Å². The Hall–Kier alpha value is -0.714. The fourth-order valence-corrected chi connectivity index (χ4v) is 2.17. The molecular formula is C22H25KNO-.